The lowest BCUT2D eigenvalue weighted by molar-refractivity contribution is 0.127. The van der Waals surface area contributed by atoms with Crippen molar-refractivity contribution in [3.05, 3.63) is 34.9 Å². The topological polar surface area (TPSA) is 15.3 Å². The Hall–Kier alpha value is -0.860. The lowest BCUT2D eigenvalue weighted by Crippen LogP contribution is -2.43. The summed E-state index contributed by atoms with van der Waals surface area (Å²) in [5.74, 6) is 1.69. The molecular weight excluding hydrogens is 256 g/mol. The molecular formula is C19H32N2. The zero-order valence-corrected chi connectivity index (χ0v) is 14.4. The van der Waals surface area contributed by atoms with Gasteiger partial charge in [0.2, 0.25) is 0 Å². The van der Waals surface area contributed by atoms with Crippen molar-refractivity contribution in [3.63, 3.8) is 0 Å². The molecule has 0 aliphatic carbocycles. The average molecular weight is 288 g/mol. The van der Waals surface area contributed by atoms with Gasteiger partial charge in [0.1, 0.15) is 0 Å². The molecule has 0 aromatic heterocycles. The third-order valence-corrected chi connectivity index (χ3v) is 5.12. The molecule has 3 atom stereocenters. The first-order chi connectivity index (χ1) is 10.0. The maximum absolute atomic E-state index is 3.70. The monoisotopic (exact) mass is 288 g/mol. The molecule has 1 N–H and O–H groups in total. The summed E-state index contributed by atoms with van der Waals surface area (Å²) < 4.78 is 0. The fourth-order valence-electron chi connectivity index (χ4n) is 3.43. The smallest absolute Gasteiger partial charge is 0.0451 e. The molecule has 2 heteroatoms. The highest BCUT2D eigenvalue weighted by atomic mass is 15.2. The standard InChI is InChI=1S/C19H32N2/c1-6-20-19(18-11-14(2)7-8-16(18)4)13-21-10-9-15(3)17(5)12-21/h7-8,11,15,17,19-20H,6,9-10,12-13H2,1-5H3. The van der Waals surface area contributed by atoms with Crippen molar-refractivity contribution < 1.29 is 0 Å². The first-order valence-electron chi connectivity index (χ1n) is 8.54. The third-order valence-electron chi connectivity index (χ3n) is 5.12. The maximum Gasteiger partial charge on any atom is 0.0451 e. The van der Waals surface area contributed by atoms with Gasteiger partial charge in [0, 0.05) is 19.1 Å². The molecule has 2 rings (SSSR count). The highest BCUT2D eigenvalue weighted by molar-refractivity contribution is 5.33. The Morgan fingerprint density at radius 1 is 1.24 bits per heavy atom. The van der Waals surface area contributed by atoms with Crippen LogP contribution in [0.3, 0.4) is 0 Å². The fourth-order valence-corrected chi connectivity index (χ4v) is 3.43. The number of hydrogen-bond acceptors (Lipinski definition) is 2. The van der Waals surface area contributed by atoms with Gasteiger partial charge in [0.25, 0.3) is 0 Å². The van der Waals surface area contributed by atoms with E-state index in [-0.39, 0.29) is 0 Å². The third kappa shape index (κ3) is 4.31. The molecule has 3 unspecified atom stereocenters. The van der Waals surface area contributed by atoms with Crippen LogP contribution < -0.4 is 5.32 Å². The van der Waals surface area contributed by atoms with E-state index in [1.807, 2.05) is 0 Å². The van der Waals surface area contributed by atoms with E-state index in [4.69, 9.17) is 0 Å². The molecule has 1 saturated heterocycles. The van der Waals surface area contributed by atoms with Crippen LogP contribution in [0, 0.1) is 25.7 Å². The molecule has 0 amide bonds. The van der Waals surface area contributed by atoms with Crippen LogP contribution in [-0.4, -0.2) is 31.1 Å². The first kappa shape index (κ1) is 16.5. The van der Waals surface area contributed by atoms with Gasteiger partial charge in [0.15, 0.2) is 0 Å². The molecule has 118 valence electrons. The summed E-state index contributed by atoms with van der Waals surface area (Å²) in [6.07, 6.45) is 1.34. The van der Waals surface area contributed by atoms with Crippen molar-refractivity contribution in [1.82, 2.24) is 10.2 Å². The Balaban J connectivity index is 2.10. The zero-order chi connectivity index (χ0) is 15.4. The van der Waals surface area contributed by atoms with Crippen molar-refractivity contribution in [2.24, 2.45) is 11.8 Å². The van der Waals surface area contributed by atoms with E-state index in [9.17, 15) is 0 Å². The molecule has 1 aliphatic heterocycles. The van der Waals surface area contributed by atoms with Gasteiger partial charge in [-0.15, -0.1) is 0 Å². The largest absolute Gasteiger partial charge is 0.309 e. The van der Waals surface area contributed by atoms with E-state index in [1.165, 1.54) is 36.2 Å². The SMILES string of the molecule is CCNC(CN1CCC(C)C(C)C1)c1cc(C)ccc1C. The van der Waals surface area contributed by atoms with Crippen LogP contribution in [-0.2, 0) is 0 Å². The number of hydrogen-bond donors (Lipinski definition) is 1. The normalized spacial score (nSPS) is 25.0. The second-order valence-corrected chi connectivity index (χ2v) is 6.97. The molecule has 1 aliphatic rings. The van der Waals surface area contributed by atoms with E-state index >= 15 is 0 Å². The summed E-state index contributed by atoms with van der Waals surface area (Å²) in [5.41, 5.74) is 4.24. The van der Waals surface area contributed by atoms with E-state index in [1.54, 1.807) is 0 Å². The lowest BCUT2D eigenvalue weighted by atomic mass is 9.88. The molecule has 2 nitrogen and oxygen atoms in total. The first-order valence-corrected chi connectivity index (χ1v) is 8.54. The molecule has 21 heavy (non-hydrogen) atoms. The van der Waals surface area contributed by atoms with E-state index in [2.05, 4.69) is 63.0 Å². The minimum atomic E-state index is 0.454. The molecule has 0 radical (unpaired) electrons. The summed E-state index contributed by atoms with van der Waals surface area (Å²) in [7, 11) is 0. The maximum atomic E-state index is 3.70. The molecule has 1 aromatic carbocycles. The van der Waals surface area contributed by atoms with Gasteiger partial charge in [0.05, 0.1) is 0 Å². The predicted molar refractivity (Wildman–Crippen MR) is 91.7 cm³/mol. The zero-order valence-electron chi connectivity index (χ0n) is 14.4. The molecule has 1 fully saturated rings. The van der Waals surface area contributed by atoms with Gasteiger partial charge >= 0.3 is 0 Å². The predicted octanol–water partition coefficient (Wildman–Crippen LogP) is 3.93. The number of nitrogens with one attached hydrogen (secondary N) is 1. The van der Waals surface area contributed by atoms with Crippen LogP contribution in [0.25, 0.3) is 0 Å². The highest BCUT2D eigenvalue weighted by Gasteiger charge is 2.25. The van der Waals surface area contributed by atoms with Gasteiger partial charge in [-0.2, -0.15) is 0 Å². The van der Waals surface area contributed by atoms with Gasteiger partial charge in [-0.1, -0.05) is 44.5 Å². The van der Waals surface area contributed by atoms with Crippen LogP contribution in [0.15, 0.2) is 18.2 Å². The van der Waals surface area contributed by atoms with Crippen LogP contribution in [0.5, 0.6) is 0 Å². The number of piperidine rings is 1. The van der Waals surface area contributed by atoms with Gasteiger partial charge in [-0.25, -0.2) is 0 Å². The van der Waals surface area contributed by atoms with Crippen LogP contribution >= 0.6 is 0 Å². The molecule has 0 bridgehead atoms. The number of nitrogens with zero attached hydrogens (tertiary/aromatic N) is 1. The van der Waals surface area contributed by atoms with Crippen LogP contribution in [0.1, 0.15) is 49.9 Å². The van der Waals surface area contributed by atoms with E-state index in [0.29, 0.717) is 6.04 Å². The quantitative estimate of drug-likeness (QED) is 0.883. The average Bonchev–Trinajstić information content (AvgIpc) is 2.45. The summed E-state index contributed by atoms with van der Waals surface area (Å²) >= 11 is 0. The van der Waals surface area contributed by atoms with Crippen LogP contribution in [0.4, 0.5) is 0 Å². The number of likely N-dealkylation sites (N-methyl/N-ethyl adjacent to an activating group) is 1. The lowest BCUT2D eigenvalue weighted by Gasteiger charge is -2.37. The number of rotatable bonds is 5. The van der Waals surface area contributed by atoms with E-state index in [0.717, 1.165) is 24.9 Å². The van der Waals surface area contributed by atoms with E-state index < -0.39 is 0 Å². The minimum absolute atomic E-state index is 0.454. The molecule has 1 aromatic rings. The molecule has 0 spiro atoms. The van der Waals surface area contributed by atoms with Crippen molar-refractivity contribution in [2.75, 3.05) is 26.2 Å². The Kier molecular flexibility index (Phi) is 5.83. The van der Waals surface area contributed by atoms with Gasteiger partial charge < -0.3 is 10.2 Å². The van der Waals surface area contributed by atoms with Crippen molar-refractivity contribution in [3.8, 4) is 0 Å². The second-order valence-electron chi connectivity index (χ2n) is 6.97. The van der Waals surface area contributed by atoms with Crippen molar-refractivity contribution >= 4 is 0 Å². The minimum Gasteiger partial charge on any atom is -0.309 e. The Morgan fingerprint density at radius 3 is 2.67 bits per heavy atom. The van der Waals surface area contributed by atoms with Gasteiger partial charge in [-0.05, 0) is 56.3 Å². The summed E-state index contributed by atoms with van der Waals surface area (Å²) in [5, 5.41) is 3.70. The summed E-state index contributed by atoms with van der Waals surface area (Å²) in [6.45, 7) is 16.1. The van der Waals surface area contributed by atoms with Gasteiger partial charge in [-0.3, -0.25) is 0 Å². The fraction of sp³-hybridized carbons (Fsp3) is 0.684. The number of aryl methyl sites for hydroxylation is 2. The molecule has 1 heterocycles. The Morgan fingerprint density at radius 2 is 2.00 bits per heavy atom. The van der Waals surface area contributed by atoms with Crippen molar-refractivity contribution in [2.45, 2.75) is 47.1 Å². The number of likely N-dealkylation sites (tertiary alicyclic amines) is 1. The van der Waals surface area contributed by atoms with Crippen molar-refractivity contribution in [1.29, 1.82) is 0 Å². The Labute approximate surface area is 130 Å². The Bertz CT molecular complexity index is 455. The summed E-state index contributed by atoms with van der Waals surface area (Å²) in [4.78, 5) is 2.65. The second kappa shape index (κ2) is 7.42. The van der Waals surface area contributed by atoms with Crippen LogP contribution in [0.2, 0.25) is 0 Å². The summed E-state index contributed by atoms with van der Waals surface area (Å²) in [6, 6.07) is 7.29. The highest BCUT2D eigenvalue weighted by Crippen LogP contribution is 2.26. The number of benzene rings is 1. The molecule has 0 saturated carbocycles.